The molecule has 2 amide bonds. The molecule has 3 rings (SSSR count). The summed E-state index contributed by atoms with van der Waals surface area (Å²) in [5.41, 5.74) is 7.89. The van der Waals surface area contributed by atoms with E-state index in [1.807, 2.05) is 37.3 Å². The van der Waals surface area contributed by atoms with E-state index in [4.69, 9.17) is 15.2 Å². The average molecular weight is 497 g/mol. The van der Waals surface area contributed by atoms with Crippen LogP contribution in [0.1, 0.15) is 43.7 Å². The van der Waals surface area contributed by atoms with Crippen LogP contribution >= 0.6 is 0 Å². The van der Waals surface area contributed by atoms with Crippen molar-refractivity contribution in [1.29, 1.82) is 0 Å². The molecule has 0 fully saturated rings. The van der Waals surface area contributed by atoms with Crippen molar-refractivity contribution in [2.45, 2.75) is 45.1 Å². The molecular weight excluding hydrogens is 464 g/mol. The van der Waals surface area contributed by atoms with E-state index in [2.05, 4.69) is 10.6 Å². The number of rotatable bonds is 13. The fraction of sp³-hybridized carbons (Fsp3) is 0.385. The summed E-state index contributed by atoms with van der Waals surface area (Å²) in [5.74, 6) is 0.477. The largest absolute Gasteiger partial charge is 0.490 e. The fourth-order valence-corrected chi connectivity index (χ4v) is 3.81. The van der Waals surface area contributed by atoms with Crippen molar-refractivity contribution in [3.05, 3.63) is 69.4 Å². The zero-order chi connectivity index (χ0) is 25.9. The van der Waals surface area contributed by atoms with Gasteiger partial charge in [0.05, 0.1) is 17.6 Å². The molecule has 1 aliphatic rings. The number of hydrogen-bond donors (Lipinski definition) is 3. The minimum Gasteiger partial charge on any atom is -0.490 e. The lowest BCUT2D eigenvalue weighted by atomic mass is 10.1. The van der Waals surface area contributed by atoms with Gasteiger partial charge in [-0.2, -0.15) is 0 Å². The zero-order valence-electron chi connectivity index (χ0n) is 20.3. The highest BCUT2D eigenvalue weighted by molar-refractivity contribution is 5.92. The Kier molecular flexibility index (Phi) is 9.82. The van der Waals surface area contributed by atoms with E-state index >= 15 is 0 Å². The third kappa shape index (κ3) is 7.81. The van der Waals surface area contributed by atoms with Crippen LogP contribution < -0.4 is 25.8 Å². The van der Waals surface area contributed by atoms with Gasteiger partial charge in [-0.1, -0.05) is 36.8 Å². The first-order valence-corrected chi connectivity index (χ1v) is 12.0. The maximum atomic E-state index is 12.4. The molecule has 0 saturated carbocycles. The zero-order valence-corrected chi connectivity index (χ0v) is 20.3. The monoisotopic (exact) mass is 496 g/mol. The van der Waals surface area contributed by atoms with E-state index in [1.54, 1.807) is 12.1 Å². The smallest absolute Gasteiger partial charge is 0.284 e. The number of anilines is 1. The first-order chi connectivity index (χ1) is 17.4. The summed E-state index contributed by atoms with van der Waals surface area (Å²) < 4.78 is 11.1. The van der Waals surface area contributed by atoms with Gasteiger partial charge in [0.25, 0.3) is 5.70 Å². The summed E-state index contributed by atoms with van der Waals surface area (Å²) in [6, 6.07) is 12.3. The topological polar surface area (TPSA) is 146 Å². The quantitative estimate of drug-likeness (QED) is 0.219. The molecule has 0 aliphatic carbocycles. The first-order valence-electron chi connectivity index (χ1n) is 12.0. The number of unbranched alkanes of at least 4 members (excludes halogenated alkanes) is 2. The van der Waals surface area contributed by atoms with Crippen LogP contribution in [-0.4, -0.2) is 42.5 Å². The van der Waals surface area contributed by atoms with Gasteiger partial charge in [0, 0.05) is 36.4 Å². The van der Waals surface area contributed by atoms with Gasteiger partial charge in [-0.05, 0) is 37.8 Å². The second-order valence-electron chi connectivity index (χ2n) is 8.45. The molecule has 0 aromatic heterocycles. The summed E-state index contributed by atoms with van der Waals surface area (Å²) in [6.45, 7) is 2.55. The van der Waals surface area contributed by atoms with E-state index in [0.717, 1.165) is 18.4 Å². The molecule has 192 valence electrons. The Morgan fingerprint density at radius 1 is 1.19 bits per heavy atom. The normalized spacial score (nSPS) is 13.0. The predicted octanol–water partition coefficient (Wildman–Crippen LogP) is 3.28. The number of nitro groups is 1. The highest BCUT2D eigenvalue weighted by atomic mass is 16.6. The molecule has 0 saturated heterocycles. The van der Waals surface area contributed by atoms with Crippen molar-refractivity contribution in [3.63, 3.8) is 0 Å². The molecular formula is C26H32N4O6. The average Bonchev–Trinajstić information content (AvgIpc) is 2.86. The number of benzene rings is 2. The number of amides is 2. The molecule has 1 heterocycles. The van der Waals surface area contributed by atoms with Gasteiger partial charge < -0.3 is 25.8 Å². The molecule has 0 bridgehead atoms. The summed E-state index contributed by atoms with van der Waals surface area (Å²) in [7, 11) is 0. The van der Waals surface area contributed by atoms with Crippen molar-refractivity contribution in [3.8, 4) is 11.5 Å². The Morgan fingerprint density at radius 3 is 2.69 bits per heavy atom. The Bertz CT molecular complexity index is 1100. The van der Waals surface area contributed by atoms with Gasteiger partial charge in [0.1, 0.15) is 0 Å². The fourth-order valence-electron chi connectivity index (χ4n) is 3.81. The number of carbonyl (C=O) groups is 2. The third-order valence-corrected chi connectivity index (χ3v) is 5.60. The Labute approximate surface area is 210 Å². The van der Waals surface area contributed by atoms with Crippen LogP contribution in [0, 0.1) is 10.1 Å². The van der Waals surface area contributed by atoms with Gasteiger partial charge in [-0.15, -0.1) is 0 Å². The molecule has 10 heteroatoms. The molecule has 4 N–H and O–H groups in total. The van der Waals surface area contributed by atoms with Crippen LogP contribution in [0.5, 0.6) is 11.5 Å². The SMILES string of the molecule is CCOc1cc(NC(=O)CCCCCNC(=O)[C@H](N)Cc2ccccc2)cc2c1OCC([N+](=O)[O-])=C2. The predicted molar refractivity (Wildman–Crippen MR) is 136 cm³/mol. The minimum atomic E-state index is -0.599. The molecule has 2 aromatic rings. The summed E-state index contributed by atoms with van der Waals surface area (Å²) in [5, 5.41) is 16.8. The molecule has 0 spiro atoms. The second-order valence-corrected chi connectivity index (χ2v) is 8.45. The van der Waals surface area contributed by atoms with Gasteiger partial charge >= 0.3 is 0 Å². The summed E-state index contributed by atoms with van der Waals surface area (Å²) in [6.07, 6.45) is 4.35. The van der Waals surface area contributed by atoms with E-state index < -0.39 is 11.0 Å². The van der Waals surface area contributed by atoms with Crippen molar-refractivity contribution in [1.82, 2.24) is 5.32 Å². The lowest BCUT2D eigenvalue weighted by molar-refractivity contribution is -0.427. The number of nitrogens with two attached hydrogens (primary N) is 1. The van der Waals surface area contributed by atoms with E-state index in [-0.39, 0.29) is 24.1 Å². The van der Waals surface area contributed by atoms with Crippen LogP contribution in [0.2, 0.25) is 0 Å². The van der Waals surface area contributed by atoms with Crippen molar-refractivity contribution in [2.24, 2.45) is 5.73 Å². The number of nitrogens with one attached hydrogen (secondary N) is 2. The lowest BCUT2D eigenvalue weighted by Crippen LogP contribution is -2.42. The van der Waals surface area contributed by atoms with Crippen LogP contribution in [0.3, 0.4) is 0 Å². The Balaban J connectivity index is 1.41. The molecule has 10 nitrogen and oxygen atoms in total. The van der Waals surface area contributed by atoms with Crippen LogP contribution in [0.4, 0.5) is 5.69 Å². The maximum Gasteiger partial charge on any atom is 0.284 e. The standard InChI is InChI=1S/C26H32N4O6/c1-2-35-23-16-20(14-19-15-21(30(33)34)17-36-25(19)23)29-24(31)11-7-4-8-12-28-26(32)22(27)13-18-9-5-3-6-10-18/h3,5-6,9-10,14-16,22H,2,4,7-8,11-13,17,27H2,1H3,(H,28,32)(H,29,31)/t22-/m1/s1. The summed E-state index contributed by atoms with van der Waals surface area (Å²) >= 11 is 0. The van der Waals surface area contributed by atoms with Crippen LogP contribution in [-0.2, 0) is 16.0 Å². The van der Waals surface area contributed by atoms with Gasteiger partial charge in [0.2, 0.25) is 11.8 Å². The first kappa shape index (κ1) is 26.7. The molecule has 2 aromatic carbocycles. The highest BCUT2D eigenvalue weighted by Crippen LogP contribution is 2.39. The summed E-state index contributed by atoms with van der Waals surface area (Å²) in [4.78, 5) is 35.2. The van der Waals surface area contributed by atoms with E-state index in [0.29, 0.717) is 55.2 Å². The van der Waals surface area contributed by atoms with Gasteiger partial charge in [-0.25, -0.2) is 0 Å². The number of hydrogen-bond acceptors (Lipinski definition) is 7. The van der Waals surface area contributed by atoms with Crippen LogP contribution in [0.15, 0.2) is 48.2 Å². The number of nitrogens with zero attached hydrogens (tertiary/aromatic N) is 1. The molecule has 36 heavy (non-hydrogen) atoms. The van der Waals surface area contributed by atoms with E-state index in [9.17, 15) is 19.7 Å². The maximum absolute atomic E-state index is 12.4. The number of fused-ring (bicyclic) bond motifs is 1. The van der Waals surface area contributed by atoms with Crippen molar-refractivity contribution < 1.29 is 24.0 Å². The number of ether oxygens (including phenoxy) is 2. The Hall–Kier alpha value is -3.92. The minimum absolute atomic E-state index is 0.0680. The second kappa shape index (κ2) is 13.2. The Morgan fingerprint density at radius 2 is 1.97 bits per heavy atom. The molecule has 1 aliphatic heterocycles. The van der Waals surface area contributed by atoms with Gasteiger partial charge in [-0.3, -0.25) is 19.7 Å². The van der Waals surface area contributed by atoms with Crippen molar-refractivity contribution >= 4 is 23.6 Å². The molecule has 0 radical (unpaired) electrons. The van der Waals surface area contributed by atoms with Gasteiger partial charge in [0.15, 0.2) is 18.1 Å². The van der Waals surface area contributed by atoms with Crippen molar-refractivity contribution in [2.75, 3.05) is 25.1 Å². The molecule has 0 unspecified atom stereocenters. The number of carbonyl (C=O) groups excluding carboxylic acids is 2. The van der Waals surface area contributed by atoms with Crippen LogP contribution in [0.25, 0.3) is 6.08 Å². The third-order valence-electron chi connectivity index (χ3n) is 5.60. The highest BCUT2D eigenvalue weighted by Gasteiger charge is 2.24. The lowest BCUT2D eigenvalue weighted by Gasteiger charge is -2.19. The molecule has 1 atom stereocenters. The van der Waals surface area contributed by atoms with E-state index in [1.165, 1.54) is 6.08 Å².